The molecule has 0 radical (unpaired) electrons. The fraction of sp³-hybridized carbons (Fsp3) is 0.316. The van der Waals surface area contributed by atoms with E-state index in [1.54, 1.807) is 22.2 Å². The maximum atomic E-state index is 12.9. The summed E-state index contributed by atoms with van der Waals surface area (Å²) in [6, 6.07) is 7.41. The van der Waals surface area contributed by atoms with Crippen LogP contribution in [0.2, 0.25) is 0 Å². The van der Waals surface area contributed by atoms with Gasteiger partial charge in [0.15, 0.2) is 0 Å². The molecule has 1 N–H and O–H groups in total. The number of carbonyl (C=O) groups excluding carboxylic acids is 1. The Hall–Kier alpha value is -1.99. The van der Waals surface area contributed by atoms with Crippen LogP contribution in [0.3, 0.4) is 0 Å². The number of hydrogen-bond acceptors (Lipinski definition) is 4. The molecular formula is C19H18BrN3O2S. The summed E-state index contributed by atoms with van der Waals surface area (Å²) in [6.45, 7) is 0.328. The number of anilines is 1. The normalized spacial score (nSPS) is 13.6. The molecule has 1 aromatic carbocycles. The maximum Gasteiger partial charge on any atom is 0.262 e. The lowest BCUT2D eigenvalue weighted by molar-refractivity contribution is -0.116. The Bertz CT molecular complexity index is 1020. The molecule has 0 fully saturated rings. The number of aromatic nitrogens is 2. The highest BCUT2D eigenvalue weighted by atomic mass is 79.9. The lowest BCUT2D eigenvalue weighted by Crippen LogP contribution is -2.24. The Morgan fingerprint density at radius 2 is 2.00 bits per heavy atom. The van der Waals surface area contributed by atoms with Gasteiger partial charge in [0, 0.05) is 28.0 Å². The summed E-state index contributed by atoms with van der Waals surface area (Å²) in [6.07, 6.45) is 6.12. The molecule has 0 atom stereocenters. The minimum absolute atomic E-state index is 0.0224. The number of nitrogens with one attached hydrogen (secondary N) is 1. The standard InChI is InChI=1S/C19H18BrN3O2S/c20-12-5-7-13(8-6-12)22-16(24)9-10-23-11-21-18-17(19(23)25)14-3-1-2-4-15(14)26-18/h5-8,11H,1-4,9-10H2,(H,22,24). The summed E-state index contributed by atoms with van der Waals surface area (Å²) < 4.78 is 2.52. The summed E-state index contributed by atoms with van der Waals surface area (Å²) in [5.74, 6) is -0.119. The molecule has 134 valence electrons. The summed E-state index contributed by atoms with van der Waals surface area (Å²) in [4.78, 5) is 31.6. The van der Waals surface area contributed by atoms with Crippen molar-refractivity contribution in [2.24, 2.45) is 0 Å². The lowest BCUT2D eigenvalue weighted by atomic mass is 9.97. The van der Waals surface area contributed by atoms with Gasteiger partial charge in [-0.15, -0.1) is 11.3 Å². The van der Waals surface area contributed by atoms with Crippen molar-refractivity contribution in [3.8, 4) is 0 Å². The van der Waals surface area contributed by atoms with Crippen molar-refractivity contribution >= 4 is 49.1 Å². The van der Waals surface area contributed by atoms with Crippen molar-refractivity contribution in [1.29, 1.82) is 0 Å². The second-order valence-electron chi connectivity index (χ2n) is 6.44. The molecule has 2 aromatic heterocycles. The molecular weight excluding hydrogens is 414 g/mol. The third kappa shape index (κ3) is 3.46. The van der Waals surface area contributed by atoms with E-state index in [9.17, 15) is 9.59 Å². The van der Waals surface area contributed by atoms with Crippen molar-refractivity contribution in [3.05, 3.63) is 55.9 Å². The molecule has 1 aliphatic carbocycles. The van der Waals surface area contributed by atoms with Crippen molar-refractivity contribution in [1.82, 2.24) is 9.55 Å². The van der Waals surface area contributed by atoms with Crippen LogP contribution >= 0.6 is 27.3 Å². The van der Waals surface area contributed by atoms with E-state index >= 15 is 0 Å². The van der Waals surface area contributed by atoms with E-state index in [2.05, 4.69) is 26.2 Å². The number of fused-ring (bicyclic) bond motifs is 3. The summed E-state index contributed by atoms with van der Waals surface area (Å²) in [5, 5.41) is 3.61. The Morgan fingerprint density at radius 3 is 2.81 bits per heavy atom. The first kappa shape index (κ1) is 17.4. The molecule has 26 heavy (non-hydrogen) atoms. The molecule has 3 aromatic rings. The number of rotatable bonds is 4. The van der Waals surface area contributed by atoms with Crippen LogP contribution in [0.4, 0.5) is 5.69 Å². The predicted octanol–water partition coefficient (Wildman–Crippen LogP) is 4.13. The van der Waals surface area contributed by atoms with E-state index < -0.39 is 0 Å². The predicted molar refractivity (Wildman–Crippen MR) is 108 cm³/mol. The molecule has 1 aliphatic rings. The van der Waals surface area contributed by atoms with Crippen molar-refractivity contribution in [3.63, 3.8) is 0 Å². The number of amides is 1. The molecule has 2 heterocycles. The third-order valence-corrected chi connectivity index (χ3v) is 6.38. The van der Waals surface area contributed by atoms with Crippen LogP contribution in [-0.4, -0.2) is 15.5 Å². The number of thiophene rings is 1. The zero-order valence-electron chi connectivity index (χ0n) is 14.1. The van der Waals surface area contributed by atoms with Crippen LogP contribution in [0.1, 0.15) is 29.7 Å². The summed E-state index contributed by atoms with van der Waals surface area (Å²) in [5.41, 5.74) is 1.90. The van der Waals surface area contributed by atoms with Gasteiger partial charge in [-0.2, -0.15) is 0 Å². The van der Waals surface area contributed by atoms with E-state index in [1.807, 2.05) is 24.3 Å². The van der Waals surface area contributed by atoms with Crippen LogP contribution in [0, 0.1) is 0 Å². The molecule has 7 heteroatoms. The Balaban J connectivity index is 1.50. The van der Waals surface area contributed by atoms with E-state index in [1.165, 1.54) is 16.9 Å². The topological polar surface area (TPSA) is 64.0 Å². The molecule has 1 amide bonds. The zero-order valence-corrected chi connectivity index (χ0v) is 16.5. The number of aryl methyl sites for hydroxylation is 3. The third-order valence-electron chi connectivity index (χ3n) is 4.65. The van der Waals surface area contributed by atoms with Gasteiger partial charge < -0.3 is 5.32 Å². The zero-order chi connectivity index (χ0) is 18.1. The largest absolute Gasteiger partial charge is 0.326 e. The molecule has 0 aliphatic heterocycles. The van der Waals surface area contributed by atoms with Gasteiger partial charge in [0.1, 0.15) is 4.83 Å². The van der Waals surface area contributed by atoms with Crippen LogP contribution in [-0.2, 0) is 24.2 Å². The quantitative estimate of drug-likeness (QED) is 0.675. The van der Waals surface area contributed by atoms with Gasteiger partial charge in [0.25, 0.3) is 5.56 Å². The van der Waals surface area contributed by atoms with Crippen LogP contribution in [0.5, 0.6) is 0 Å². The van der Waals surface area contributed by atoms with Gasteiger partial charge in [-0.3, -0.25) is 14.2 Å². The van der Waals surface area contributed by atoms with Gasteiger partial charge in [0.05, 0.1) is 11.7 Å². The fourth-order valence-electron chi connectivity index (χ4n) is 3.32. The Morgan fingerprint density at radius 1 is 1.23 bits per heavy atom. The second-order valence-corrected chi connectivity index (χ2v) is 8.44. The fourth-order valence-corrected chi connectivity index (χ4v) is 4.80. The number of nitrogens with zero attached hydrogens (tertiary/aromatic N) is 2. The van der Waals surface area contributed by atoms with E-state index in [4.69, 9.17) is 0 Å². The molecule has 4 rings (SSSR count). The maximum absolute atomic E-state index is 12.9. The van der Waals surface area contributed by atoms with Gasteiger partial charge >= 0.3 is 0 Å². The molecule has 0 saturated heterocycles. The van der Waals surface area contributed by atoms with Crippen LogP contribution in [0.15, 0.2) is 39.9 Å². The average Bonchev–Trinajstić information content (AvgIpc) is 3.02. The summed E-state index contributed by atoms with van der Waals surface area (Å²) in [7, 11) is 0. The van der Waals surface area contributed by atoms with Crippen LogP contribution in [0.25, 0.3) is 10.2 Å². The molecule has 0 unspecified atom stereocenters. The number of hydrogen-bond donors (Lipinski definition) is 1. The first-order valence-corrected chi connectivity index (χ1v) is 10.3. The summed E-state index contributed by atoms with van der Waals surface area (Å²) >= 11 is 5.01. The SMILES string of the molecule is O=C(CCn1cnc2sc3c(c2c1=O)CCCC3)Nc1ccc(Br)cc1. The minimum Gasteiger partial charge on any atom is -0.326 e. The first-order valence-electron chi connectivity index (χ1n) is 8.67. The number of benzene rings is 1. The first-order chi connectivity index (χ1) is 12.6. The van der Waals surface area contributed by atoms with Crippen molar-refractivity contribution in [2.45, 2.75) is 38.6 Å². The van der Waals surface area contributed by atoms with Crippen molar-refractivity contribution in [2.75, 3.05) is 5.32 Å². The highest BCUT2D eigenvalue weighted by Gasteiger charge is 2.20. The molecule has 5 nitrogen and oxygen atoms in total. The highest BCUT2D eigenvalue weighted by Crippen LogP contribution is 2.33. The minimum atomic E-state index is -0.119. The van der Waals surface area contributed by atoms with E-state index in [0.29, 0.717) is 6.54 Å². The molecule has 0 saturated carbocycles. The van der Waals surface area contributed by atoms with E-state index in [0.717, 1.165) is 39.6 Å². The van der Waals surface area contributed by atoms with Gasteiger partial charge in [0.2, 0.25) is 5.91 Å². The Kier molecular flexibility index (Phi) is 4.91. The highest BCUT2D eigenvalue weighted by molar-refractivity contribution is 9.10. The number of carbonyl (C=O) groups is 1. The monoisotopic (exact) mass is 431 g/mol. The van der Waals surface area contributed by atoms with Gasteiger partial charge in [-0.1, -0.05) is 15.9 Å². The van der Waals surface area contributed by atoms with Gasteiger partial charge in [-0.05, 0) is 55.5 Å². The lowest BCUT2D eigenvalue weighted by Gasteiger charge is -2.10. The second kappa shape index (κ2) is 7.32. The molecule has 0 bridgehead atoms. The van der Waals surface area contributed by atoms with Crippen molar-refractivity contribution < 1.29 is 4.79 Å². The smallest absolute Gasteiger partial charge is 0.262 e. The average molecular weight is 432 g/mol. The van der Waals surface area contributed by atoms with E-state index in [-0.39, 0.29) is 17.9 Å². The van der Waals surface area contributed by atoms with Crippen LogP contribution < -0.4 is 10.9 Å². The Labute approximate surface area is 163 Å². The molecule has 0 spiro atoms. The van der Waals surface area contributed by atoms with Gasteiger partial charge in [-0.25, -0.2) is 4.98 Å². The number of halogens is 1.